The lowest BCUT2D eigenvalue weighted by molar-refractivity contribution is 0.0264. The number of guanidine groups is 1. The fraction of sp³-hybridized carbons (Fsp3) is 0.652. The Hall–Kier alpha value is -2.48. The molecule has 0 bridgehead atoms. The SMILES string of the molecule is CCN(CCNC(=NC)NCc1ccc(C)cc1OC1CCOC1)C(=O)OC(C)(C)C. The van der Waals surface area contributed by atoms with Crippen LogP contribution >= 0.6 is 0 Å². The number of carbonyl (C=O) groups excluding carboxylic acids is 1. The van der Waals surface area contributed by atoms with Crippen LogP contribution in [-0.2, 0) is 16.0 Å². The van der Waals surface area contributed by atoms with Gasteiger partial charge in [-0.3, -0.25) is 4.99 Å². The lowest BCUT2D eigenvalue weighted by atomic mass is 10.1. The first-order valence-corrected chi connectivity index (χ1v) is 11.0. The summed E-state index contributed by atoms with van der Waals surface area (Å²) in [5.74, 6) is 1.54. The number of likely N-dealkylation sites (N-methyl/N-ethyl adjacent to an activating group) is 1. The molecule has 1 unspecified atom stereocenters. The molecule has 8 heteroatoms. The topological polar surface area (TPSA) is 84.4 Å². The Morgan fingerprint density at radius 3 is 2.71 bits per heavy atom. The third-order valence-electron chi connectivity index (χ3n) is 4.78. The van der Waals surface area contributed by atoms with E-state index >= 15 is 0 Å². The molecule has 0 radical (unpaired) electrons. The number of nitrogens with zero attached hydrogens (tertiary/aromatic N) is 2. The molecular formula is C23H38N4O4. The van der Waals surface area contributed by atoms with Crippen LogP contribution in [0.4, 0.5) is 4.79 Å². The zero-order valence-electron chi connectivity index (χ0n) is 19.8. The second-order valence-corrected chi connectivity index (χ2v) is 8.63. The van der Waals surface area contributed by atoms with Gasteiger partial charge in [0.1, 0.15) is 17.5 Å². The lowest BCUT2D eigenvalue weighted by Gasteiger charge is -2.26. The summed E-state index contributed by atoms with van der Waals surface area (Å²) >= 11 is 0. The first-order chi connectivity index (χ1) is 14.7. The molecule has 2 rings (SSSR count). The Morgan fingerprint density at radius 2 is 2.10 bits per heavy atom. The van der Waals surface area contributed by atoms with Crippen LogP contribution in [0.15, 0.2) is 23.2 Å². The molecule has 1 aromatic carbocycles. The predicted molar refractivity (Wildman–Crippen MR) is 123 cm³/mol. The van der Waals surface area contributed by atoms with Gasteiger partial charge in [-0.2, -0.15) is 0 Å². The van der Waals surface area contributed by atoms with Crippen LogP contribution in [0.25, 0.3) is 0 Å². The number of ether oxygens (including phenoxy) is 3. The van der Waals surface area contributed by atoms with Gasteiger partial charge in [-0.25, -0.2) is 4.79 Å². The highest BCUT2D eigenvalue weighted by molar-refractivity contribution is 5.79. The normalized spacial score (nSPS) is 16.7. The van der Waals surface area contributed by atoms with E-state index in [0.717, 1.165) is 29.9 Å². The molecule has 1 atom stereocenters. The maximum Gasteiger partial charge on any atom is 0.410 e. The largest absolute Gasteiger partial charge is 0.488 e. The predicted octanol–water partition coefficient (Wildman–Crippen LogP) is 3.08. The maximum absolute atomic E-state index is 12.3. The van der Waals surface area contributed by atoms with Gasteiger partial charge in [0.05, 0.1) is 13.2 Å². The van der Waals surface area contributed by atoms with E-state index in [1.165, 1.54) is 0 Å². The molecule has 174 valence electrons. The number of amides is 1. The summed E-state index contributed by atoms with van der Waals surface area (Å²) < 4.78 is 17.0. The van der Waals surface area contributed by atoms with Crippen molar-refractivity contribution in [2.24, 2.45) is 4.99 Å². The lowest BCUT2D eigenvalue weighted by Crippen LogP contribution is -2.44. The third-order valence-corrected chi connectivity index (χ3v) is 4.78. The molecule has 1 heterocycles. The van der Waals surface area contributed by atoms with Gasteiger partial charge in [-0.1, -0.05) is 12.1 Å². The number of aliphatic imine (C=N–C) groups is 1. The molecule has 0 aromatic heterocycles. The summed E-state index contributed by atoms with van der Waals surface area (Å²) in [5.41, 5.74) is 1.71. The van der Waals surface area contributed by atoms with Crippen molar-refractivity contribution in [1.82, 2.24) is 15.5 Å². The number of hydrogen-bond donors (Lipinski definition) is 2. The Kier molecular flexibility index (Phi) is 9.43. The molecule has 0 aliphatic carbocycles. The van der Waals surface area contributed by atoms with Gasteiger partial charge in [0.15, 0.2) is 5.96 Å². The van der Waals surface area contributed by atoms with Gasteiger partial charge < -0.3 is 29.7 Å². The summed E-state index contributed by atoms with van der Waals surface area (Å²) in [4.78, 5) is 18.2. The Morgan fingerprint density at radius 1 is 1.32 bits per heavy atom. The first kappa shape index (κ1) is 24.8. The van der Waals surface area contributed by atoms with Crippen molar-refractivity contribution in [1.29, 1.82) is 0 Å². The molecule has 2 N–H and O–H groups in total. The highest BCUT2D eigenvalue weighted by Crippen LogP contribution is 2.23. The number of nitrogens with one attached hydrogen (secondary N) is 2. The third kappa shape index (κ3) is 8.65. The second kappa shape index (κ2) is 11.8. The van der Waals surface area contributed by atoms with Crippen LogP contribution in [0, 0.1) is 6.92 Å². The molecule has 1 fully saturated rings. The Bertz CT molecular complexity index is 740. The van der Waals surface area contributed by atoms with E-state index in [4.69, 9.17) is 14.2 Å². The highest BCUT2D eigenvalue weighted by atomic mass is 16.6. The van der Waals surface area contributed by atoms with E-state index in [1.54, 1.807) is 11.9 Å². The van der Waals surface area contributed by atoms with Crippen molar-refractivity contribution < 1.29 is 19.0 Å². The van der Waals surface area contributed by atoms with Gasteiger partial charge in [-0.15, -0.1) is 0 Å². The number of rotatable bonds is 8. The Balaban J connectivity index is 1.86. The molecule has 0 spiro atoms. The highest BCUT2D eigenvalue weighted by Gasteiger charge is 2.21. The van der Waals surface area contributed by atoms with E-state index in [9.17, 15) is 4.79 Å². The molecule has 0 saturated carbocycles. The summed E-state index contributed by atoms with van der Waals surface area (Å²) in [6.07, 6.45) is 0.707. The van der Waals surface area contributed by atoms with Gasteiger partial charge in [0, 0.05) is 45.2 Å². The maximum atomic E-state index is 12.3. The van der Waals surface area contributed by atoms with Crippen LogP contribution in [0.3, 0.4) is 0 Å². The minimum Gasteiger partial charge on any atom is -0.488 e. The average molecular weight is 435 g/mol. The average Bonchev–Trinajstić information content (AvgIpc) is 3.20. The number of aryl methyl sites for hydroxylation is 1. The molecule has 31 heavy (non-hydrogen) atoms. The van der Waals surface area contributed by atoms with Gasteiger partial charge in [0.25, 0.3) is 0 Å². The number of hydrogen-bond acceptors (Lipinski definition) is 5. The van der Waals surface area contributed by atoms with Crippen LogP contribution in [0.2, 0.25) is 0 Å². The fourth-order valence-corrected chi connectivity index (χ4v) is 3.12. The molecule has 1 aliphatic heterocycles. The molecular weight excluding hydrogens is 396 g/mol. The monoisotopic (exact) mass is 434 g/mol. The number of benzene rings is 1. The second-order valence-electron chi connectivity index (χ2n) is 8.63. The summed E-state index contributed by atoms with van der Waals surface area (Å²) in [7, 11) is 1.73. The van der Waals surface area contributed by atoms with E-state index in [-0.39, 0.29) is 12.2 Å². The van der Waals surface area contributed by atoms with E-state index in [1.807, 2.05) is 27.7 Å². The van der Waals surface area contributed by atoms with Gasteiger partial charge in [-0.05, 0) is 46.2 Å². The standard InChI is InChI=1S/C23H38N4O4/c1-7-27(22(28)31-23(3,4)5)12-11-25-21(24-6)26-15-18-9-8-17(2)14-20(18)30-19-10-13-29-16-19/h8-9,14,19H,7,10-13,15-16H2,1-6H3,(H2,24,25,26). The van der Waals surface area contributed by atoms with Crippen molar-refractivity contribution in [3.8, 4) is 5.75 Å². The van der Waals surface area contributed by atoms with E-state index < -0.39 is 5.60 Å². The van der Waals surface area contributed by atoms with Crippen molar-refractivity contribution in [3.05, 3.63) is 29.3 Å². The van der Waals surface area contributed by atoms with Crippen molar-refractivity contribution in [3.63, 3.8) is 0 Å². The van der Waals surface area contributed by atoms with Crippen molar-refractivity contribution in [2.45, 2.75) is 59.3 Å². The van der Waals surface area contributed by atoms with Crippen LogP contribution < -0.4 is 15.4 Å². The zero-order chi connectivity index (χ0) is 22.9. The molecule has 1 amide bonds. The minimum absolute atomic E-state index is 0.103. The summed E-state index contributed by atoms with van der Waals surface area (Å²) in [6.45, 7) is 13.2. The van der Waals surface area contributed by atoms with E-state index in [2.05, 4.69) is 40.7 Å². The number of carbonyl (C=O) groups is 1. The van der Waals surface area contributed by atoms with Crippen molar-refractivity contribution >= 4 is 12.1 Å². The van der Waals surface area contributed by atoms with Crippen molar-refractivity contribution in [2.75, 3.05) is 39.9 Å². The Labute approximate surface area is 186 Å². The summed E-state index contributed by atoms with van der Waals surface area (Å²) in [6, 6.07) is 6.21. The molecule has 1 aliphatic rings. The van der Waals surface area contributed by atoms with Gasteiger partial charge >= 0.3 is 6.09 Å². The van der Waals surface area contributed by atoms with Crippen LogP contribution in [0.5, 0.6) is 5.75 Å². The quantitative estimate of drug-likeness (QED) is 0.483. The van der Waals surface area contributed by atoms with Crippen LogP contribution in [-0.4, -0.2) is 68.6 Å². The van der Waals surface area contributed by atoms with Crippen LogP contribution in [0.1, 0.15) is 45.2 Å². The summed E-state index contributed by atoms with van der Waals surface area (Å²) in [5, 5.41) is 6.58. The van der Waals surface area contributed by atoms with Gasteiger partial charge in [0.2, 0.25) is 0 Å². The molecule has 1 saturated heterocycles. The zero-order valence-corrected chi connectivity index (χ0v) is 19.8. The molecule has 1 aromatic rings. The fourth-order valence-electron chi connectivity index (χ4n) is 3.12. The van der Waals surface area contributed by atoms with E-state index in [0.29, 0.717) is 38.7 Å². The first-order valence-electron chi connectivity index (χ1n) is 11.0. The molecule has 8 nitrogen and oxygen atoms in total. The smallest absolute Gasteiger partial charge is 0.410 e. The minimum atomic E-state index is -0.506.